The molecular formula is C24H22N4O. The number of fused-ring (bicyclic) bond motifs is 2. The van der Waals surface area contributed by atoms with Crippen molar-refractivity contribution in [3.05, 3.63) is 72.1 Å². The van der Waals surface area contributed by atoms with Crippen molar-refractivity contribution in [1.29, 1.82) is 0 Å². The minimum atomic E-state index is 0.228. The van der Waals surface area contributed by atoms with E-state index in [0.29, 0.717) is 0 Å². The molecule has 5 nitrogen and oxygen atoms in total. The first kappa shape index (κ1) is 17.6. The third-order valence-electron chi connectivity index (χ3n) is 5.50. The Labute approximate surface area is 169 Å². The smallest absolute Gasteiger partial charge is 0.164 e. The predicted molar refractivity (Wildman–Crippen MR) is 116 cm³/mol. The minimum Gasteiger partial charge on any atom is -0.507 e. The second kappa shape index (κ2) is 7.51. The fraction of sp³-hybridized carbons (Fsp3) is 0.208. The maximum atomic E-state index is 10.3. The van der Waals surface area contributed by atoms with E-state index in [4.69, 9.17) is 0 Å². The molecule has 0 atom stereocenters. The van der Waals surface area contributed by atoms with E-state index in [-0.39, 0.29) is 5.75 Å². The molecule has 1 N–H and O–H groups in total. The van der Waals surface area contributed by atoms with Gasteiger partial charge in [0.15, 0.2) is 5.82 Å². The molecule has 0 unspecified atom stereocenters. The lowest BCUT2D eigenvalue weighted by atomic mass is 10.0. The zero-order chi connectivity index (χ0) is 19.6. The molecule has 4 aromatic rings. The molecule has 0 spiro atoms. The van der Waals surface area contributed by atoms with Crippen LogP contribution in [0.4, 0.5) is 5.69 Å². The van der Waals surface area contributed by atoms with Gasteiger partial charge in [-0.05, 0) is 41.8 Å². The molecule has 0 saturated carbocycles. The molecule has 5 rings (SSSR count). The van der Waals surface area contributed by atoms with Crippen molar-refractivity contribution < 1.29 is 5.11 Å². The molecule has 1 aliphatic heterocycles. The third kappa shape index (κ3) is 3.40. The number of hydrogen-bond acceptors (Lipinski definition) is 4. The lowest BCUT2D eigenvalue weighted by Gasteiger charge is -2.07. The zero-order valence-electron chi connectivity index (χ0n) is 16.1. The summed E-state index contributed by atoms with van der Waals surface area (Å²) in [6.45, 7) is 0.967. The van der Waals surface area contributed by atoms with Crippen molar-refractivity contribution in [3.8, 4) is 17.1 Å². The Morgan fingerprint density at radius 1 is 0.931 bits per heavy atom. The standard InChI is InChI=1S/C24H22N4O/c29-22-13-12-17-7-3-4-10-20(17)21(22)16-25-19-9-6-8-18(15-19)24-27-26-23-11-2-1-5-14-28(23)24/h3-4,6-10,12-13,15-16,29H,1-2,5,11,14H2. The normalized spacial score (nSPS) is 14.2. The van der Waals surface area contributed by atoms with Crippen LogP contribution in [-0.2, 0) is 13.0 Å². The maximum Gasteiger partial charge on any atom is 0.164 e. The summed E-state index contributed by atoms with van der Waals surface area (Å²) < 4.78 is 2.24. The van der Waals surface area contributed by atoms with Gasteiger partial charge in [-0.15, -0.1) is 10.2 Å². The number of hydrogen-bond donors (Lipinski definition) is 1. The molecule has 0 amide bonds. The largest absolute Gasteiger partial charge is 0.507 e. The van der Waals surface area contributed by atoms with E-state index in [2.05, 4.69) is 25.8 Å². The molecule has 1 aromatic heterocycles. The predicted octanol–water partition coefficient (Wildman–Crippen LogP) is 5.28. The van der Waals surface area contributed by atoms with E-state index in [0.717, 1.165) is 58.6 Å². The van der Waals surface area contributed by atoms with E-state index < -0.39 is 0 Å². The van der Waals surface area contributed by atoms with Gasteiger partial charge in [0.05, 0.1) is 5.69 Å². The van der Waals surface area contributed by atoms with Crippen LogP contribution in [0.5, 0.6) is 5.75 Å². The van der Waals surface area contributed by atoms with Gasteiger partial charge in [-0.3, -0.25) is 4.99 Å². The highest BCUT2D eigenvalue weighted by Crippen LogP contribution is 2.28. The van der Waals surface area contributed by atoms with Crippen molar-refractivity contribution in [3.63, 3.8) is 0 Å². The first-order valence-corrected chi connectivity index (χ1v) is 10.1. The van der Waals surface area contributed by atoms with Crippen LogP contribution in [0.25, 0.3) is 22.2 Å². The number of nitrogens with zero attached hydrogens (tertiary/aromatic N) is 4. The monoisotopic (exact) mass is 382 g/mol. The highest BCUT2D eigenvalue weighted by atomic mass is 16.3. The van der Waals surface area contributed by atoms with Crippen molar-refractivity contribution in [1.82, 2.24) is 14.8 Å². The van der Waals surface area contributed by atoms with Gasteiger partial charge in [-0.1, -0.05) is 48.9 Å². The maximum absolute atomic E-state index is 10.3. The number of rotatable bonds is 3. The zero-order valence-corrected chi connectivity index (χ0v) is 16.1. The fourth-order valence-corrected chi connectivity index (χ4v) is 3.98. The average molecular weight is 382 g/mol. The van der Waals surface area contributed by atoms with Crippen LogP contribution in [0, 0.1) is 0 Å². The summed E-state index contributed by atoms with van der Waals surface area (Å²) in [4.78, 5) is 4.65. The molecule has 0 bridgehead atoms. The summed E-state index contributed by atoms with van der Waals surface area (Å²) in [5, 5.41) is 21.2. The van der Waals surface area contributed by atoms with Crippen LogP contribution in [0.2, 0.25) is 0 Å². The van der Waals surface area contributed by atoms with Gasteiger partial charge < -0.3 is 9.67 Å². The lowest BCUT2D eigenvalue weighted by Crippen LogP contribution is -2.02. The number of benzene rings is 3. The SMILES string of the molecule is Oc1ccc2ccccc2c1C=Nc1cccc(-c2nnc3n2CCCCC3)c1. The summed E-state index contributed by atoms with van der Waals surface area (Å²) in [6, 6.07) is 19.7. The number of aromatic nitrogens is 3. The molecule has 5 heteroatoms. The Bertz CT molecular complexity index is 1210. The Hall–Kier alpha value is -3.47. The van der Waals surface area contributed by atoms with E-state index >= 15 is 0 Å². The first-order chi connectivity index (χ1) is 14.3. The highest BCUT2D eigenvalue weighted by molar-refractivity contribution is 6.03. The van der Waals surface area contributed by atoms with Crippen molar-refractivity contribution >= 4 is 22.7 Å². The first-order valence-electron chi connectivity index (χ1n) is 10.1. The second-order valence-electron chi connectivity index (χ2n) is 7.43. The van der Waals surface area contributed by atoms with Crippen molar-refractivity contribution in [2.45, 2.75) is 32.2 Å². The van der Waals surface area contributed by atoms with Gasteiger partial charge >= 0.3 is 0 Å². The Balaban J connectivity index is 1.51. The number of phenolic OH excluding ortho intramolecular Hbond substituents is 1. The quantitative estimate of drug-likeness (QED) is 0.490. The summed E-state index contributed by atoms with van der Waals surface area (Å²) in [5.41, 5.74) is 2.56. The summed E-state index contributed by atoms with van der Waals surface area (Å²) in [7, 11) is 0. The summed E-state index contributed by atoms with van der Waals surface area (Å²) in [5.74, 6) is 2.21. The molecule has 0 aliphatic carbocycles. The van der Waals surface area contributed by atoms with Crippen LogP contribution >= 0.6 is 0 Å². The second-order valence-corrected chi connectivity index (χ2v) is 7.43. The van der Waals surface area contributed by atoms with Crippen LogP contribution < -0.4 is 0 Å². The third-order valence-corrected chi connectivity index (χ3v) is 5.50. The van der Waals surface area contributed by atoms with Gasteiger partial charge in [0.1, 0.15) is 11.6 Å². The molecule has 3 aromatic carbocycles. The Kier molecular flexibility index (Phi) is 4.56. The van der Waals surface area contributed by atoms with Crippen LogP contribution in [0.1, 0.15) is 30.7 Å². The molecule has 2 heterocycles. The van der Waals surface area contributed by atoms with Crippen LogP contribution in [0.3, 0.4) is 0 Å². The van der Waals surface area contributed by atoms with Gasteiger partial charge in [0.25, 0.3) is 0 Å². The van der Waals surface area contributed by atoms with Gasteiger partial charge in [-0.2, -0.15) is 0 Å². The van der Waals surface area contributed by atoms with E-state index in [1.807, 2.05) is 48.5 Å². The lowest BCUT2D eigenvalue weighted by molar-refractivity contribution is 0.475. The molecule has 29 heavy (non-hydrogen) atoms. The molecule has 0 radical (unpaired) electrons. The van der Waals surface area contributed by atoms with E-state index in [1.54, 1.807) is 12.3 Å². The van der Waals surface area contributed by atoms with E-state index in [1.165, 1.54) is 12.8 Å². The molecule has 0 saturated heterocycles. The Morgan fingerprint density at radius 2 is 1.86 bits per heavy atom. The van der Waals surface area contributed by atoms with E-state index in [9.17, 15) is 5.11 Å². The van der Waals surface area contributed by atoms with Crippen molar-refractivity contribution in [2.75, 3.05) is 0 Å². The van der Waals surface area contributed by atoms with Gasteiger partial charge in [-0.25, -0.2) is 0 Å². The number of aliphatic imine (C=N–C) groups is 1. The molecular weight excluding hydrogens is 360 g/mol. The number of phenols is 1. The summed E-state index contributed by atoms with van der Waals surface area (Å²) >= 11 is 0. The molecule has 1 aliphatic rings. The summed E-state index contributed by atoms with van der Waals surface area (Å²) in [6.07, 6.45) is 6.31. The number of aromatic hydroxyl groups is 1. The molecule has 0 fully saturated rings. The van der Waals surface area contributed by atoms with Crippen LogP contribution in [0.15, 0.2) is 65.7 Å². The van der Waals surface area contributed by atoms with Crippen LogP contribution in [-0.4, -0.2) is 26.1 Å². The van der Waals surface area contributed by atoms with Crippen molar-refractivity contribution in [2.24, 2.45) is 4.99 Å². The number of aryl methyl sites for hydroxylation is 1. The topological polar surface area (TPSA) is 63.3 Å². The Morgan fingerprint density at radius 3 is 2.83 bits per heavy atom. The van der Waals surface area contributed by atoms with Gasteiger partial charge in [0, 0.05) is 30.3 Å². The van der Waals surface area contributed by atoms with Gasteiger partial charge in [0.2, 0.25) is 0 Å². The fourth-order valence-electron chi connectivity index (χ4n) is 3.98. The minimum absolute atomic E-state index is 0.228. The average Bonchev–Trinajstić information content (AvgIpc) is 3.01. The highest BCUT2D eigenvalue weighted by Gasteiger charge is 2.16. The molecule has 144 valence electrons.